The highest BCUT2D eigenvalue weighted by molar-refractivity contribution is 7.75. The largest absolute Gasteiger partial charge is 0.208 e. The first-order valence-corrected chi connectivity index (χ1v) is 1.50. The second-order valence-electron chi connectivity index (χ2n) is 0.266. The Morgan fingerprint density at radius 2 is 1.60 bits per heavy atom. The van der Waals surface area contributed by atoms with Crippen LogP contribution in [0.4, 0.5) is 0 Å². The summed E-state index contributed by atoms with van der Waals surface area (Å²) in [7, 11) is 0. The van der Waals surface area contributed by atoms with E-state index in [1.165, 1.54) is 0 Å². The molecule has 1 N–H and O–H groups in total. The fourth-order valence-corrected chi connectivity index (χ4v) is 0.150. The van der Waals surface area contributed by atoms with E-state index in [2.05, 4.69) is 34.4 Å². The molecule has 0 saturated heterocycles. The molecule has 0 heterocycles. The average molecular weight is 113 g/mol. The average Bonchev–Trinajstić information content (AvgIpc) is 1.41. The first-order chi connectivity index (χ1) is 2.41. The van der Waals surface area contributed by atoms with Crippen molar-refractivity contribution < 1.29 is 8.57 Å². The molecule has 0 bridgehead atoms. The van der Waals surface area contributed by atoms with Crippen molar-refractivity contribution in [2.24, 2.45) is 0 Å². The van der Waals surface area contributed by atoms with Crippen molar-refractivity contribution in [3.8, 4) is 0 Å². The number of hydrogen-bond donors (Lipinski definition) is 3. The lowest BCUT2D eigenvalue weighted by Gasteiger charge is -1.86. The minimum atomic E-state index is 1.84. The summed E-state index contributed by atoms with van der Waals surface area (Å²) in [6.45, 7) is 0. The fraction of sp³-hybridized carbons (Fsp3) is 0. The maximum atomic E-state index is 3.84. The molecule has 0 atom stereocenters. The Morgan fingerprint density at radius 3 is 1.60 bits per heavy atom. The van der Waals surface area contributed by atoms with Crippen LogP contribution in [0.3, 0.4) is 0 Å². The smallest absolute Gasteiger partial charge is 0.00186 e. The lowest BCUT2D eigenvalue weighted by Crippen LogP contribution is -2.00. The molecular weight excluding hydrogens is 110 g/mol. The van der Waals surface area contributed by atoms with E-state index < -0.39 is 0 Å². The van der Waals surface area contributed by atoms with Gasteiger partial charge in [-0.2, -0.15) is 0 Å². The molecule has 0 aromatic carbocycles. The summed E-state index contributed by atoms with van der Waals surface area (Å²) < 4.78 is 7.67. The maximum Gasteiger partial charge on any atom is 0.00186 e. The second-order valence-corrected chi connectivity index (χ2v) is 0.631. The molecule has 32 valence electrons. The first-order valence-electron chi connectivity index (χ1n) is 0.773. The van der Waals surface area contributed by atoms with Crippen LogP contribution >= 0.6 is 25.8 Å². The van der Waals surface area contributed by atoms with Crippen molar-refractivity contribution in [3.05, 3.63) is 0 Å². The molecule has 0 rings (SSSR count). The molecule has 0 aliphatic heterocycles. The van der Waals surface area contributed by atoms with Gasteiger partial charge in [-0.15, -0.1) is 0 Å². The normalized spacial score (nSPS) is 8.40. The van der Waals surface area contributed by atoms with Crippen LogP contribution < -0.4 is 5.64 Å². The molecule has 0 aromatic rings. The van der Waals surface area contributed by atoms with Gasteiger partial charge in [-0.3, -0.25) is 0 Å². The third kappa shape index (κ3) is 4.58. The Hall–Kier alpha value is 0.580. The molecule has 0 aliphatic carbocycles. The van der Waals surface area contributed by atoms with Gasteiger partial charge in [0, 0.05) is 25.8 Å². The molecule has 0 amide bonds. The lowest BCUT2D eigenvalue weighted by molar-refractivity contribution is 0.0234. The Kier molecular flexibility index (Phi) is 5.11. The summed E-state index contributed by atoms with van der Waals surface area (Å²) in [4.78, 5) is 0. The fourth-order valence-electron chi connectivity index (χ4n) is 0.0167. The van der Waals surface area contributed by atoms with Crippen molar-refractivity contribution in [2.45, 2.75) is 0 Å². The number of hydrogen-bond acceptors (Lipinski definition) is 5. The van der Waals surface area contributed by atoms with Gasteiger partial charge in [0.2, 0.25) is 0 Å². The molecule has 0 unspecified atom stereocenters. The second kappa shape index (κ2) is 4.58. The Labute approximate surface area is 40.8 Å². The van der Waals surface area contributed by atoms with Crippen LogP contribution in [0.25, 0.3) is 0 Å². The van der Waals surface area contributed by atoms with Gasteiger partial charge in [0.05, 0.1) is 0 Å². The summed E-state index contributed by atoms with van der Waals surface area (Å²) in [6.07, 6.45) is 0. The molecule has 0 aromatic heterocycles. The number of thiol groups is 2. The van der Waals surface area contributed by atoms with E-state index in [4.69, 9.17) is 0 Å². The monoisotopic (exact) mass is 113 g/mol. The van der Waals surface area contributed by atoms with E-state index >= 15 is 0 Å². The molecule has 0 aliphatic rings. The van der Waals surface area contributed by atoms with Crippen molar-refractivity contribution in [1.29, 1.82) is 0 Å². The number of rotatable bonds is 2. The van der Waals surface area contributed by atoms with Crippen LogP contribution in [0, 0.1) is 0 Å². The number of nitrogens with one attached hydrogen (secondary N) is 1. The minimum Gasteiger partial charge on any atom is -0.208 e. The van der Waals surface area contributed by atoms with Crippen LogP contribution in [0.2, 0.25) is 0 Å². The van der Waals surface area contributed by atoms with E-state index in [9.17, 15) is 0 Å². The van der Waals surface area contributed by atoms with E-state index in [0.29, 0.717) is 0 Å². The van der Waals surface area contributed by atoms with Gasteiger partial charge in [-0.05, 0) is 0 Å². The molecule has 5 heavy (non-hydrogen) atoms. The summed E-state index contributed by atoms with van der Waals surface area (Å²) in [5, 5.41) is 0. The zero-order valence-electron chi connectivity index (χ0n) is 2.21. The molecule has 0 spiro atoms. The third-order valence-corrected chi connectivity index (χ3v) is 0.224. The zero-order chi connectivity index (χ0) is 4.12. The third-order valence-electron chi connectivity index (χ3n) is 0.0745. The molecular formula is H3NO2S2. The molecule has 3 nitrogen and oxygen atoms in total. The molecule has 0 saturated carbocycles. The van der Waals surface area contributed by atoms with Crippen LogP contribution in [-0.4, -0.2) is 0 Å². The predicted molar refractivity (Wildman–Crippen MR) is 23.3 cm³/mol. The Bertz CT molecular complexity index is 15.1. The molecule has 0 radical (unpaired) electrons. The standard InChI is InChI=1S/H3NO2S2/c4-2-1-3-5/h1,4-5H. The van der Waals surface area contributed by atoms with Crippen LogP contribution in [0.5, 0.6) is 0 Å². The van der Waals surface area contributed by atoms with E-state index in [-0.39, 0.29) is 0 Å². The summed E-state index contributed by atoms with van der Waals surface area (Å²) in [5.41, 5.74) is 1.84. The Balaban J connectivity index is 2.19. The SMILES string of the molecule is SONOS. The van der Waals surface area contributed by atoms with Crippen LogP contribution in [-0.2, 0) is 8.57 Å². The van der Waals surface area contributed by atoms with Crippen LogP contribution in [0.15, 0.2) is 0 Å². The van der Waals surface area contributed by atoms with Crippen molar-refractivity contribution in [3.63, 3.8) is 0 Å². The van der Waals surface area contributed by atoms with Gasteiger partial charge >= 0.3 is 0 Å². The summed E-state index contributed by atoms with van der Waals surface area (Å²) in [6, 6.07) is 0. The Morgan fingerprint density at radius 1 is 1.20 bits per heavy atom. The first kappa shape index (κ1) is 5.58. The highest BCUT2D eigenvalue weighted by Gasteiger charge is 1.61. The van der Waals surface area contributed by atoms with E-state index in [1.807, 2.05) is 5.64 Å². The van der Waals surface area contributed by atoms with Gasteiger partial charge in [0.15, 0.2) is 0 Å². The molecule has 0 fully saturated rings. The van der Waals surface area contributed by atoms with Gasteiger partial charge in [0.1, 0.15) is 0 Å². The highest BCUT2D eigenvalue weighted by atomic mass is 32.1. The van der Waals surface area contributed by atoms with Gasteiger partial charge in [0.25, 0.3) is 0 Å². The van der Waals surface area contributed by atoms with Crippen LogP contribution in [0.1, 0.15) is 0 Å². The quantitative estimate of drug-likeness (QED) is 0.270. The van der Waals surface area contributed by atoms with E-state index in [1.54, 1.807) is 0 Å². The maximum absolute atomic E-state index is 3.84. The summed E-state index contributed by atoms with van der Waals surface area (Å²) in [5.74, 6) is 0. The van der Waals surface area contributed by atoms with Gasteiger partial charge in [-0.1, -0.05) is 5.64 Å². The van der Waals surface area contributed by atoms with Crippen molar-refractivity contribution in [2.75, 3.05) is 0 Å². The van der Waals surface area contributed by atoms with Gasteiger partial charge in [-0.25, -0.2) is 8.57 Å². The lowest BCUT2D eigenvalue weighted by atomic mass is 13.3. The minimum absolute atomic E-state index is 1.84. The topological polar surface area (TPSA) is 30.5 Å². The van der Waals surface area contributed by atoms with E-state index in [0.717, 1.165) is 0 Å². The van der Waals surface area contributed by atoms with Gasteiger partial charge < -0.3 is 0 Å². The predicted octanol–water partition coefficient (Wildman–Crippen LogP) is 0.129. The van der Waals surface area contributed by atoms with Crippen molar-refractivity contribution >= 4 is 25.8 Å². The highest BCUT2D eigenvalue weighted by Crippen LogP contribution is 1.71. The molecule has 5 heteroatoms. The zero-order valence-corrected chi connectivity index (χ0v) is 4.00. The van der Waals surface area contributed by atoms with Crippen molar-refractivity contribution in [1.82, 2.24) is 5.64 Å². The summed E-state index contributed by atoms with van der Waals surface area (Å²) >= 11 is 6.43.